The highest BCUT2D eigenvalue weighted by molar-refractivity contribution is 7.91. The summed E-state index contributed by atoms with van der Waals surface area (Å²) in [6, 6.07) is 0.674. The van der Waals surface area contributed by atoms with E-state index < -0.39 is 9.84 Å². The molecule has 0 unspecified atom stereocenters. The number of rotatable bonds is 8. The highest BCUT2D eigenvalue weighted by Crippen LogP contribution is 2.26. The van der Waals surface area contributed by atoms with Crippen molar-refractivity contribution < 1.29 is 8.42 Å². The van der Waals surface area contributed by atoms with Crippen molar-refractivity contribution in [3.63, 3.8) is 0 Å². The van der Waals surface area contributed by atoms with Gasteiger partial charge in [0, 0.05) is 24.2 Å². The van der Waals surface area contributed by atoms with E-state index in [0.29, 0.717) is 17.7 Å². The summed E-state index contributed by atoms with van der Waals surface area (Å²) in [6.45, 7) is 3.46. The predicted molar refractivity (Wildman–Crippen MR) is 64.3 cm³/mol. The maximum Gasteiger partial charge on any atom is 0.150 e. The second-order valence-corrected chi connectivity index (χ2v) is 6.90. The van der Waals surface area contributed by atoms with Crippen molar-refractivity contribution in [1.29, 1.82) is 0 Å². The highest BCUT2D eigenvalue weighted by atomic mass is 35.5. The number of halogens is 1. The molecule has 0 aliphatic heterocycles. The zero-order valence-electron chi connectivity index (χ0n) is 9.28. The summed E-state index contributed by atoms with van der Waals surface area (Å²) in [7, 11) is -2.80. The lowest BCUT2D eigenvalue weighted by Crippen LogP contribution is -2.30. The van der Waals surface area contributed by atoms with E-state index >= 15 is 0 Å². The van der Waals surface area contributed by atoms with Crippen molar-refractivity contribution in [2.75, 3.05) is 30.5 Å². The van der Waals surface area contributed by atoms with Crippen molar-refractivity contribution in [1.82, 2.24) is 4.90 Å². The van der Waals surface area contributed by atoms with Gasteiger partial charge in [0.1, 0.15) is 9.84 Å². The molecule has 1 aliphatic carbocycles. The summed E-state index contributed by atoms with van der Waals surface area (Å²) in [5.74, 6) is 1.21. The van der Waals surface area contributed by atoms with Crippen LogP contribution in [0.5, 0.6) is 0 Å². The molecule has 0 radical (unpaired) electrons. The lowest BCUT2D eigenvalue weighted by molar-refractivity contribution is 0.280. The molecule has 1 saturated carbocycles. The zero-order valence-corrected chi connectivity index (χ0v) is 10.9. The minimum atomic E-state index is -2.80. The molecule has 0 aromatic rings. The Bertz CT molecular complexity index is 275. The lowest BCUT2D eigenvalue weighted by Gasteiger charge is -2.20. The standard InChI is InChI=1S/C10H20ClNO2S/c1-2-15(13,14)9-3-7-12(8-6-11)10-4-5-10/h10H,2-9H2,1H3. The Labute approximate surface area is 97.7 Å². The first-order chi connectivity index (χ1) is 7.09. The second kappa shape index (κ2) is 6.06. The fraction of sp³-hybridized carbons (Fsp3) is 1.00. The molecule has 0 aromatic heterocycles. The molecule has 0 aromatic carbocycles. The Morgan fingerprint density at radius 1 is 1.33 bits per heavy atom. The van der Waals surface area contributed by atoms with Gasteiger partial charge in [0.25, 0.3) is 0 Å². The fourth-order valence-corrected chi connectivity index (χ4v) is 2.73. The van der Waals surface area contributed by atoms with Gasteiger partial charge < -0.3 is 0 Å². The van der Waals surface area contributed by atoms with E-state index in [2.05, 4.69) is 4.90 Å². The molecule has 0 bridgehead atoms. The van der Waals surface area contributed by atoms with E-state index in [1.165, 1.54) is 12.8 Å². The van der Waals surface area contributed by atoms with E-state index in [-0.39, 0.29) is 5.75 Å². The smallest absolute Gasteiger partial charge is 0.150 e. The summed E-state index contributed by atoms with van der Waals surface area (Å²) in [6.07, 6.45) is 3.23. The van der Waals surface area contributed by atoms with Crippen LogP contribution in [0, 0.1) is 0 Å². The van der Waals surface area contributed by atoms with E-state index in [1.54, 1.807) is 6.92 Å². The van der Waals surface area contributed by atoms with Gasteiger partial charge in [-0.1, -0.05) is 6.92 Å². The summed E-state index contributed by atoms with van der Waals surface area (Å²) >= 11 is 5.70. The van der Waals surface area contributed by atoms with E-state index in [9.17, 15) is 8.42 Å². The monoisotopic (exact) mass is 253 g/mol. The van der Waals surface area contributed by atoms with E-state index in [0.717, 1.165) is 19.5 Å². The van der Waals surface area contributed by atoms with Gasteiger partial charge in [-0.25, -0.2) is 8.42 Å². The summed E-state index contributed by atoms with van der Waals surface area (Å²) in [5.41, 5.74) is 0. The van der Waals surface area contributed by atoms with Crippen molar-refractivity contribution in [2.45, 2.75) is 32.2 Å². The molecule has 0 N–H and O–H groups in total. The number of alkyl halides is 1. The van der Waals surface area contributed by atoms with Crippen molar-refractivity contribution in [2.24, 2.45) is 0 Å². The van der Waals surface area contributed by atoms with Crippen molar-refractivity contribution in [3.05, 3.63) is 0 Å². The predicted octanol–water partition coefficient (Wildman–Crippen LogP) is 1.51. The molecule has 1 fully saturated rings. The molecular formula is C10H20ClNO2S. The third-order valence-corrected chi connectivity index (χ3v) is 4.73. The van der Waals surface area contributed by atoms with Gasteiger partial charge in [-0.2, -0.15) is 0 Å². The first-order valence-corrected chi connectivity index (χ1v) is 7.95. The normalized spacial score (nSPS) is 17.3. The van der Waals surface area contributed by atoms with E-state index in [4.69, 9.17) is 11.6 Å². The highest BCUT2D eigenvalue weighted by Gasteiger charge is 2.28. The summed E-state index contributed by atoms with van der Waals surface area (Å²) < 4.78 is 22.6. The Kier molecular flexibility index (Phi) is 5.36. The molecule has 0 heterocycles. The molecule has 3 nitrogen and oxygen atoms in total. The quantitative estimate of drug-likeness (QED) is 0.616. The third-order valence-electron chi connectivity index (χ3n) is 2.78. The van der Waals surface area contributed by atoms with Crippen LogP contribution in [-0.4, -0.2) is 49.8 Å². The SMILES string of the molecule is CCS(=O)(=O)CCCN(CCCl)C1CC1. The van der Waals surface area contributed by atoms with Gasteiger partial charge in [-0.3, -0.25) is 4.90 Å². The van der Waals surface area contributed by atoms with Crippen LogP contribution < -0.4 is 0 Å². The van der Waals surface area contributed by atoms with Gasteiger partial charge in [0.2, 0.25) is 0 Å². The lowest BCUT2D eigenvalue weighted by atomic mass is 10.4. The van der Waals surface area contributed by atoms with Crippen LogP contribution in [0.3, 0.4) is 0 Å². The molecule has 0 amide bonds. The third kappa shape index (κ3) is 5.18. The molecule has 90 valence electrons. The Hall–Kier alpha value is 0.200. The Morgan fingerprint density at radius 2 is 2.00 bits per heavy atom. The zero-order chi connectivity index (χ0) is 11.3. The van der Waals surface area contributed by atoms with Crippen LogP contribution in [0.2, 0.25) is 0 Å². The van der Waals surface area contributed by atoms with Gasteiger partial charge in [0.05, 0.1) is 5.75 Å². The molecule has 5 heteroatoms. The topological polar surface area (TPSA) is 37.4 Å². The van der Waals surface area contributed by atoms with Crippen molar-refractivity contribution in [3.8, 4) is 0 Å². The van der Waals surface area contributed by atoms with Gasteiger partial charge in [-0.05, 0) is 25.8 Å². The second-order valence-electron chi connectivity index (χ2n) is 4.05. The average molecular weight is 254 g/mol. The summed E-state index contributed by atoms with van der Waals surface area (Å²) in [4.78, 5) is 2.32. The maximum absolute atomic E-state index is 11.3. The number of hydrogen-bond acceptors (Lipinski definition) is 3. The molecule has 1 rings (SSSR count). The van der Waals surface area contributed by atoms with Crippen LogP contribution in [0.15, 0.2) is 0 Å². The number of nitrogens with zero attached hydrogens (tertiary/aromatic N) is 1. The van der Waals surface area contributed by atoms with E-state index in [1.807, 2.05) is 0 Å². The molecule has 0 atom stereocenters. The van der Waals surface area contributed by atoms with Gasteiger partial charge in [0.15, 0.2) is 0 Å². The Morgan fingerprint density at radius 3 is 2.47 bits per heavy atom. The van der Waals surface area contributed by atoms with Crippen LogP contribution in [0.1, 0.15) is 26.2 Å². The van der Waals surface area contributed by atoms with Gasteiger partial charge >= 0.3 is 0 Å². The maximum atomic E-state index is 11.3. The number of sulfone groups is 1. The van der Waals surface area contributed by atoms with Crippen LogP contribution >= 0.6 is 11.6 Å². The minimum absolute atomic E-state index is 0.256. The fourth-order valence-electron chi connectivity index (χ4n) is 1.66. The van der Waals surface area contributed by atoms with Crippen LogP contribution in [-0.2, 0) is 9.84 Å². The molecule has 0 saturated heterocycles. The molecular weight excluding hydrogens is 234 g/mol. The molecule has 15 heavy (non-hydrogen) atoms. The largest absolute Gasteiger partial charge is 0.299 e. The molecule has 0 spiro atoms. The van der Waals surface area contributed by atoms with Crippen molar-refractivity contribution >= 4 is 21.4 Å². The first-order valence-electron chi connectivity index (χ1n) is 5.59. The van der Waals surface area contributed by atoms with Gasteiger partial charge in [-0.15, -0.1) is 11.6 Å². The number of hydrogen-bond donors (Lipinski definition) is 0. The van der Waals surface area contributed by atoms with Crippen LogP contribution in [0.25, 0.3) is 0 Å². The average Bonchev–Trinajstić information content (AvgIpc) is 3.00. The minimum Gasteiger partial charge on any atom is -0.299 e. The Balaban J connectivity index is 2.22. The summed E-state index contributed by atoms with van der Waals surface area (Å²) in [5, 5.41) is 0. The first kappa shape index (κ1) is 13.3. The van der Waals surface area contributed by atoms with Crippen LogP contribution in [0.4, 0.5) is 0 Å². The molecule has 1 aliphatic rings.